The number of aryl methyl sites for hydroxylation is 1. The number of nitrogen functional groups attached to an aromatic ring is 1. The molecule has 0 saturated carbocycles. The van der Waals surface area contributed by atoms with Gasteiger partial charge >= 0.3 is 0 Å². The number of anilines is 3. The summed E-state index contributed by atoms with van der Waals surface area (Å²) in [6, 6.07) is 7.47. The number of imidazole rings is 1. The van der Waals surface area contributed by atoms with Gasteiger partial charge in [0, 0.05) is 30.2 Å². The molecule has 2 heterocycles. The molecule has 23 heavy (non-hydrogen) atoms. The summed E-state index contributed by atoms with van der Waals surface area (Å²) in [7, 11) is 1.63. The van der Waals surface area contributed by atoms with Crippen LogP contribution in [-0.4, -0.2) is 26.6 Å². The molecule has 118 valence electrons. The Bertz CT molecular complexity index is 802. The van der Waals surface area contributed by atoms with E-state index >= 15 is 0 Å². The van der Waals surface area contributed by atoms with Gasteiger partial charge < -0.3 is 15.5 Å². The maximum Gasteiger partial charge on any atom is 0.231 e. The molecule has 4 N–H and O–H groups in total. The number of nitrogens with zero attached hydrogens (tertiary/aromatic N) is 4. The van der Waals surface area contributed by atoms with Gasteiger partial charge in [-0.05, 0) is 18.6 Å². The Morgan fingerprint density at radius 2 is 2.09 bits per heavy atom. The number of nitrogens with two attached hydrogens (primary N) is 1. The Morgan fingerprint density at radius 3 is 2.78 bits per heavy atom. The van der Waals surface area contributed by atoms with Gasteiger partial charge in [-0.2, -0.15) is 9.97 Å². The van der Waals surface area contributed by atoms with Crippen LogP contribution in [0.4, 0.5) is 17.5 Å². The van der Waals surface area contributed by atoms with Crippen molar-refractivity contribution in [1.82, 2.24) is 19.5 Å². The number of hydrogen-bond donors (Lipinski definition) is 3. The molecule has 0 atom stereocenters. The van der Waals surface area contributed by atoms with Gasteiger partial charge in [0.2, 0.25) is 5.95 Å². The summed E-state index contributed by atoms with van der Waals surface area (Å²) >= 11 is 0. The van der Waals surface area contributed by atoms with Crippen molar-refractivity contribution in [3.8, 4) is 11.6 Å². The fraction of sp³-hybridized carbons (Fsp3) is 0.133. The molecular weight excluding hydrogens is 294 g/mol. The minimum Gasteiger partial charge on any atom is -0.497 e. The summed E-state index contributed by atoms with van der Waals surface area (Å²) in [6.45, 7) is 1.99. The van der Waals surface area contributed by atoms with Crippen molar-refractivity contribution in [2.24, 2.45) is 5.84 Å². The number of aromatic nitrogens is 4. The Labute approximate surface area is 133 Å². The minimum absolute atomic E-state index is 0.417. The van der Waals surface area contributed by atoms with E-state index in [4.69, 9.17) is 10.6 Å². The first-order chi connectivity index (χ1) is 11.2. The Morgan fingerprint density at radius 1 is 1.22 bits per heavy atom. The van der Waals surface area contributed by atoms with Crippen LogP contribution in [0.2, 0.25) is 0 Å². The fourth-order valence-electron chi connectivity index (χ4n) is 2.07. The van der Waals surface area contributed by atoms with Crippen LogP contribution in [0.15, 0.2) is 43.0 Å². The number of ether oxygens (including phenoxy) is 1. The zero-order valence-corrected chi connectivity index (χ0v) is 12.8. The van der Waals surface area contributed by atoms with Crippen LogP contribution >= 0.6 is 0 Å². The van der Waals surface area contributed by atoms with Gasteiger partial charge in [0.05, 0.1) is 7.11 Å². The highest BCUT2D eigenvalue weighted by Crippen LogP contribution is 2.25. The predicted octanol–water partition coefficient (Wildman–Crippen LogP) is 2.01. The highest BCUT2D eigenvalue weighted by atomic mass is 16.5. The lowest BCUT2D eigenvalue weighted by atomic mass is 10.2. The maximum atomic E-state index is 5.50. The van der Waals surface area contributed by atoms with Crippen molar-refractivity contribution in [3.63, 3.8) is 0 Å². The van der Waals surface area contributed by atoms with Crippen LogP contribution in [0.1, 0.15) is 5.56 Å². The highest BCUT2D eigenvalue weighted by Gasteiger charge is 2.08. The average molecular weight is 311 g/mol. The molecule has 0 aliphatic rings. The van der Waals surface area contributed by atoms with Crippen molar-refractivity contribution in [2.45, 2.75) is 6.92 Å². The molecule has 0 unspecified atom stereocenters. The lowest BCUT2D eigenvalue weighted by Gasteiger charge is -2.12. The predicted molar refractivity (Wildman–Crippen MR) is 88.0 cm³/mol. The molecule has 3 rings (SSSR count). The molecule has 8 heteroatoms. The highest BCUT2D eigenvalue weighted by molar-refractivity contribution is 5.62. The smallest absolute Gasteiger partial charge is 0.231 e. The van der Waals surface area contributed by atoms with Gasteiger partial charge in [-0.3, -0.25) is 4.57 Å². The van der Waals surface area contributed by atoms with E-state index in [-0.39, 0.29) is 0 Å². The number of hydrazine groups is 1. The van der Waals surface area contributed by atoms with E-state index in [0.29, 0.717) is 17.6 Å². The van der Waals surface area contributed by atoms with Crippen molar-refractivity contribution in [1.29, 1.82) is 0 Å². The SMILES string of the molecule is COc1ccc(C)c(Nc2nc(NN)cc(-n3ccnc3)n2)c1. The van der Waals surface area contributed by atoms with E-state index in [9.17, 15) is 0 Å². The molecule has 1 aromatic carbocycles. The van der Waals surface area contributed by atoms with Gasteiger partial charge in [-0.15, -0.1) is 0 Å². The molecule has 0 bridgehead atoms. The first-order valence-electron chi connectivity index (χ1n) is 6.95. The summed E-state index contributed by atoms with van der Waals surface area (Å²) < 4.78 is 7.02. The van der Waals surface area contributed by atoms with Crippen molar-refractivity contribution < 1.29 is 4.74 Å². The van der Waals surface area contributed by atoms with Gasteiger partial charge in [0.15, 0.2) is 0 Å². The van der Waals surface area contributed by atoms with E-state index in [0.717, 1.165) is 17.0 Å². The zero-order valence-electron chi connectivity index (χ0n) is 12.8. The Hall–Kier alpha value is -3.13. The van der Waals surface area contributed by atoms with Gasteiger partial charge in [0.25, 0.3) is 0 Å². The molecule has 0 fully saturated rings. The van der Waals surface area contributed by atoms with Gasteiger partial charge in [-0.25, -0.2) is 10.8 Å². The monoisotopic (exact) mass is 311 g/mol. The molecule has 0 amide bonds. The summed E-state index contributed by atoms with van der Waals surface area (Å²) in [4.78, 5) is 12.8. The molecule has 0 saturated heterocycles. The Balaban J connectivity index is 1.98. The van der Waals surface area contributed by atoms with Crippen LogP contribution in [-0.2, 0) is 0 Å². The third-order valence-corrected chi connectivity index (χ3v) is 3.32. The lowest BCUT2D eigenvalue weighted by molar-refractivity contribution is 0.415. The van der Waals surface area contributed by atoms with Crippen molar-refractivity contribution in [2.75, 3.05) is 17.9 Å². The molecular formula is C15H17N7O. The molecule has 8 nitrogen and oxygen atoms in total. The summed E-state index contributed by atoms with van der Waals surface area (Å²) in [5.74, 6) is 7.80. The van der Waals surface area contributed by atoms with E-state index in [1.54, 1.807) is 36.5 Å². The van der Waals surface area contributed by atoms with Crippen molar-refractivity contribution >= 4 is 17.5 Å². The molecule has 0 radical (unpaired) electrons. The number of methoxy groups -OCH3 is 1. The number of rotatable bonds is 5. The second kappa shape index (κ2) is 6.32. The maximum absolute atomic E-state index is 5.50. The summed E-state index contributed by atoms with van der Waals surface area (Å²) in [5.41, 5.74) is 4.45. The molecule has 3 aromatic rings. The number of nitrogens with one attached hydrogen (secondary N) is 2. The van der Waals surface area contributed by atoms with Crippen LogP contribution in [0.25, 0.3) is 5.82 Å². The molecule has 0 aliphatic carbocycles. The summed E-state index contributed by atoms with van der Waals surface area (Å²) in [5, 5.41) is 3.19. The van der Waals surface area contributed by atoms with E-state index < -0.39 is 0 Å². The molecule has 0 spiro atoms. The fourth-order valence-corrected chi connectivity index (χ4v) is 2.07. The zero-order chi connectivity index (χ0) is 16.2. The number of hydrogen-bond acceptors (Lipinski definition) is 7. The van der Waals surface area contributed by atoms with Gasteiger partial charge in [0.1, 0.15) is 23.7 Å². The van der Waals surface area contributed by atoms with Crippen LogP contribution in [0.3, 0.4) is 0 Å². The Kier molecular flexibility index (Phi) is 4.07. The van der Waals surface area contributed by atoms with Crippen molar-refractivity contribution in [3.05, 3.63) is 48.5 Å². The quantitative estimate of drug-likeness (QED) is 0.489. The summed E-state index contributed by atoms with van der Waals surface area (Å²) in [6.07, 6.45) is 5.13. The second-order valence-electron chi connectivity index (χ2n) is 4.86. The lowest BCUT2D eigenvalue weighted by Crippen LogP contribution is -2.12. The van der Waals surface area contributed by atoms with Crippen LogP contribution in [0, 0.1) is 6.92 Å². The first kappa shape index (κ1) is 14.8. The van der Waals surface area contributed by atoms with E-state index in [1.165, 1.54) is 0 Å². The normalized spacial score (nSPS) is 10.4. The third kappa shape index (κ3) is 3.22. The third-order valence-electron chi connectivity index (χ3n) is 3.32. The van der Waals surface area contributed by atoms with Crippen LogP contribution in [0.5, 0.6) is 5.75 Å². The molecule has 2 aromatic heterocycles. The van der Waals surface area contributed by atoms with E-state index in [2.05, 4.69) is 25.7 Å². The first-order valence-corrected chi connectivity index (χ1v) is 6.95. The largest absolute Gasteiger partial charge is 0.497 e. The topological polar surface area (TPSA) is 103 Å². The van der Waals surface area contributed by atoms with Gasteiger partial charge in [-0.1, -0.05) is 6.07 Å². The standard InChI is InChI=1S/C15H17N7O/c1-10-3-4-11(23-2)7-12(10)18-15-19-13(21-16)8-14(20-15)22-6-5-17-9-22/h3-9H,16H2,1-2H3,(H2,18,19,20,21). The van der Waals surface area contributed by atoms with E-state index in [1.807, 2.05) is 25.1 Å². The molecule has 0 aliphatic heterocycles. The minimum atomic E-state index is 0.417. The number of benzene rings is 1. The second-order valence-corrected chi connectivity index (χ2v) is 4.86. The average Bonchev–Trinajstić information content (AvgIpc) is 3.11. The van der Waals surface area contributed by atoms with Crippen LogP contribution < -0.4 is 21.3 Å².